The van der Waals surface area contributed by atoms with Crippen molar-refractivity contribution < 1.29 is 4.74 Å². The van der Waals surface area contributed by atoms with Gasteiger partial charge in [0.15, 0.2) is 0 Å². The second-order valence-electron chi connectivity index (χ2n) is 5.23. The first-order valence-electron chi connectivity index (χ1n) is 7.23. The third-order valence-electron chi connectivity index (χ3n) is 3.58. The van der Waals surface area contributed by atoms with Crippen molar-refractivity contribution in [2.75, 3.05) is 19.6 Å². The lowest BCUT2D eigenvalue weighted by Gasteiger charge is -2.20. The van der Waals surface area contributed by atoms with Gasteiger partial charge in [0, 0.05) is 19.4 Å². The summed E-state index contributed by atoms with van der Waals surface area (Å²) >= 11 is 5.94. The molecule has 0 aliphatic carbocycles. The van der Waals surface area contributed by atoms with E-state index >= 15 is 0 Å². The molecule has 0 amide bonds. The Balaban J connectivity index is 2.55. The fraction of sp³-hybridized carbons (Fsp3) is 0.562. The van der Waals surface area contributed by atoms with E-state index in [9.17, 15) is 0 Å². The number of fused-ring (bicyclic) bond motifs is 1. The van der Waals surface area contributed by atoms with Crippen LogP contribution in [-0.4, -0.2) is 29.1 Å². The summed E-state index contributed by atoms with van der Waals surface area (Å²) in [5.74, 6) is 1.66. The highest BCUT2D eigenvalue weighted by molar-refractivity contribution is 6.17. The standard InChI is InChI=1S/C16H23ClN2O/c1-4-5-13(11-20-3)19-15-10-12(2)6-7-14(15)18-16(19)8-9-17/h6-7,10,13H,4-5,8-9,11H2,1-3H3. The van der Waals surface area contributed by atoms with Gasteiger partial charge in [0.25, 0.3) is 0 Å². The molecule has 0 N–H and O–H groups in total. The number of ether oxygens (including phenoxy) is 1. The number of hydrogen-bond donors (Lipinski definition) is 0. The molecule has 0 saturated heterocycles. The zero-order valence-corrected chi connectivity index (χ0v) is 13.3. The van der Waals surface area contributed by atoms with Gasteiger partial charge in [-0.2, -0.15) is 0 Å². The van der Waals surface area contributed by atoms with E-state index in [0.29, 0.717) is 18.5 Å². The van der Waals surface area contributed by atoms with Gasteiger partial charge in [-0.3, -0.25) is 0 Å². The van der Waals surface area contributed by atoms with E-state index < -0.39 is 0 Å². The molecule has 0 aliphatic rings. The second-order valence-corrected chi connectivity index (χ2v) is 5.60. The SMILES string of the molecule is CCCC(COC)n1c(CCCl)nc2ccc(C)cc21. The summed E-state index contributed by atoms with van der Waals surface area (Å²) in [5.41, 5.74) is 3.50. The van der Waals surface area contributed by atoms with E-state index in [0.717, 1.165) is 30.6 Å². The molecule has 4 heteroatoms. The van der Waals surface area contributed by atoms with Gasteiger partial charge in [-0.05, 0) is 31.0 Å². The largest absolute Gasteiger partial charge is 0.383 e. The minimum Gasteiger partial charge on any atom is -0.383 e. The molecule has 1 atom stereocenters. The van der Waals surface area contributed by atoms with Gasteiger partial charge < -0.3 is 9.30 Å². The van der Waals surface area contributed by atoms with Crippen LogP contribution in [0.5, 0.6) is 0 Å². The van der Waals surface area contributed by atoms with Gasteiger partial charge in [0.2, 0.25) is 0 Å². The topological polar surface area (TPSA) is 27.1 Å². The molecule has 2 rings (SSSR count). The first-order chi connectivity index (χ1) is 9.71. The maximum Gasteiger partial charge on any atom is 0.111 e. The lowest BCUT2D eigenvalue weighted by molar-refractivity contribution is 0.151. The quantitative estimate of drug-likeness (QED) is 0.719. The van der Waals surface area contributed by atoms with Crippen molar-refractivity contribution in [1.82, 2.24) is 9.55 Å². The van der Waals surface area contributed by atoms with Crippen LogP contribution in [0.15, 0.2) is 18.2 Å². The molecular weight excluding hydrogens is 272 g/mol. The summed E-state index contributed by atoms with van der Waals surface area (Å²) < 4.78 is 7.74. The van der Waals surface area contributed by atoms with E-state index in [4.69, 9.17) is 21.3 Å². The number of halogens is 1. The zero-order chi connectivity index (χ0) is 14.5. The molecule has 0 spiro atoms. The first-order valence-corrected chi connectivity index (χ1v) is 7.77. The molecule has 110 valence electrons. The summed E-state index contributed by atoms with van der Waals surface area (Å²) in [5, 5.41) is 0. The zero-order valence-electron chi connectivity index (χ0n) is 12.5. The fourth-order valence-electron chi connectivity index (χ4n) is 2.73. The van der Waals surface area contributed by atoms with Crippen molar-refractivity contribution in [1.29, 1.82) is 0 Å². The third kappa shape index (κ3) is 3.15. The van der Waals surface area contributed by atoms with E-state index in [1.54, 1.807) is 7.11 Å². The number of aromatic nitrogens is 2. The summed E-state index contributed by atoms with van der Waals surface area (Å²) in [6.45, 7) is 5.03. The lowest BCUT2D eigenvalue weighted by atomic mass is 10.1. The Hall–Kier alpha value is -1.06. The van der Waals surface area contributed by atoms with Crippen LogP contribution < -0.4 is 0 Å². The molecule has 3 nitrogen and oxygen atoms in total. The molecule has 0 bridgehead atoms. The number of imidazole rings is 1. The van der Waals surface area contributed by atoms with Crippen LogP contribution in [0.2, 0.25) is 0 Å². The Morgan fingerprint density at radius 1 is 1.40 bits per heavy atom. The van der Waals surface area contributed by atoms with Gasteiger partial charge in [-0.1, -0.05) is 19.4 Å². The van der Waals surface area contributed by atoms with E-state index in [-0.39, 0.29) is 0 Å². The van der Waals surface area contributed by atoms with Crippen molar-refractivity contribution in [2.45, 2.75) is 39.2 Å². The van der Waals surface area contributed by atoms with Crippen molar-refractivity contribution in [3.8, 4) is 0 Å². The highest BCUT2D eigenvalue weighted by Crippen LogP contribution is 2.26. The molecule has 0 radical (unpaired) electrons. The summed E-state index contributed by atoms with van der Waals surface area (Å²) in [6.07, 6.45) is 3.00. The number of alkyl halides is 1. The molecule has 20 heavy (non-hydrogen) atoms. The molecule has 2 aromatic rings. The molecule has 0 fully saturated rings. The highest BCUT2D eigenvalue weighted by atomic mass is 35.5. The monoisotopic (exact) mass is 294 g/mol. The number of rotatable bonds is 7. The maximum atomic E-state index is 5.94. The predicted octanol–water partition coefficient (Wildman–Crippen LogP) is 4.11. The van der Waals surface area contributed by atoms with Crippen LogP contribution in [0.4, 0.5) is 0 Å². The molecule has 1 aromatic carbocycles. The van der Waals surface area contributed by atoms with Crippen LogP contribution >= 0.6 is 11.6 Å². The van der Waals surface area contributed by atoms with Crippen LogP contribution in [-0.2, 0) is 11.2 Å². The Labute approximate surface area is 125 Å². The number of benzene rings is 1. The molecule has 1 unspecified atom stereocenters. The van der Waals surface area contributed by atoms with E-state index in [2.05, 4.69) is 36.6 Å². The van der Waals surface area contributed by atoms with Crippen molar-refractivity contribution in [3.05, 3.63) is 29.6 Å². The van der Waals surface area contributed by atoms with Gasteiger partial charge in [-0.15, -0.1) is 11.6 Å². The van der Waals surface area contributed by atoms with Crippen LogP contribution in [0, 0.1) is 6.92 Å². The van der Waals surface area contributed by atoms with Gasteiger partial charge in [0.1, 0.15) is 5.82 Å². The maximum absolute atomic E-state index is 5.94. The number of nitrogens with zero attached hydrogens (tertiary/aromatic N) is 2. The second kappa shape index (κ2) is 7.09. The molecular formula is C16H23ClN2O. The van der Waals surface area contributed by atoms with E-state index in [1.165, 1.54) is 11.1 Å². The summed E-state index contributed by atoms with van der Waals surface area (Å²) in [6, 6.07) is 6.73. The number of aryl methyl sites for hydroxylation is 2. The average Bonchev–Trinajstić information content (AvgIpc) is 2.76. The van der Waals surface area contributed by atoms with Crippen molar-refractivity contribution >= 4 is 22.6 Å². The van der Waals surface area contributed by atoms with Gasteiger partial charge in [0.05, 0.1) is 23.7 Å². The molecule has 0 saturated carbocycles. The normalized spacial score (nSPS) is 13.0. The Kier molecular flexibility index (Phi) is 5.44. The molecule has 1 aromatic heterocycles. The fourth-order valence-corrected chi connectivity index (χ4v) is 2.90. The van der Waals surface area contributed by atoms with Crippen LogP contribution in [0.3, 0.4) is 0 Å². The summed E-state index contributed by atoms with van der Waals surface area (Å²) in [7, 11) is 1.76. The van der Waals surface area contributed by atoms with Gasteiger partial charge in [-0.25, -0.2) is 4.98 Å². The van der Waals surface area contributed by atoms with Crippen LogP contribution in [0.1, 0.15) is 37.2 Å². The number of hydrogen-bond acceptors (Lipinski definition) is 2. The van der Waals surface area contributed by atoms with Crippen molar-refractivity contribution in [2.24, 2.45) is 0 Å². The van der Waals surface area contributed by atoms with Gasteiger partial charge >= 0.3 is 0 Å². The minimum atomic E-state index is 0.329. The predicted molar refractivity (Wildman–Crippen MR) is 84.7 cm³/mol. The van der Waals surface area contributed by atoms with Crippen molar-refractivity contribution in [3.63, 3.8) is 0 Å². The average molecular weight is 295 g/mol. The molecule has 0 aliphatic heterocycles. The lowest BCUT2D eigenvalue weighted by Crippen LogP contribution is -2.17. The Morgan fingerprint density at radius 2 is 2.20 bits per heavy atom. The Bertz CT molecular complexity index is 559. The highest BCUT2D eigenvalue weighted by Gasteiger charge is 2.18. The minimum absolute atomic E-state index is 0.329. The summed E-state index contributed by atoms with van der Waals surface area (Å²) in [4.78, 5) is 4.75. The Morgan fingerprint density at radius 3 is 2.85 bits per heavy atom. The van der Waals surface area contributed by atoms with Crippen LogP contribution in [0.25, 0.3) is 11.0 Å². The smallest absolute Gasteiger partial charge is 0.111 e. The molecule has 1 heterocycles. The third-order valence-corrected chi connectivity index (χ3v) is 3.77. The number of methoxy groups -OCH3 is 1. The first kappa shape index (κ1) is 15.3. The van der Waals surface area contributed by atoms with E-state index in [1.807, 2.05) is 0 Å².